The van der Waals surface area contributed by atoms with Gasteiger partial charge >= 0.3 is 5.97 Å². The molecule has 0 spiro atoms. The maximum atomic E-state index is 13.2. The zero-order valence-electron chi connectivity index (χ0n) is 11.6. The molecule has 0 bridgehead atoms. The molecular weight excluding hydrogens is 277 g/mol. The van der Waals surface area contributed by atoms with Crippen LogP contribution in [0.1, 0.15) is 16.1 Å². The number of benzene rings is 1. The van der Waals surface area contributed by atoms with E-state index in [9.17, 15) is 9.18 Å². The summed E-state index contributed by atoms with van der Waals surface area (Å²) in [6.45, 7) is 0.313. The van der Waals surface area contributed by atoms with E-state index in [2.05, 4.69) is 20.3 Å². The first kappa shape index (κ1) is 14.7. The van der Waals surface area contributed by atoms with E-state index in [1.807, 2.05) is 0 Å². The van der Waals surface area contributed by atoms with Crippen molar-refractivity contribution in [2.45, 2.75) is 6.54 Å². The molecule has 1 N–H and O–H groups in total. The standard InChI is InChI=1S/C14H14FN3O3/c1-20-12-5-3-10(15)7-9(12)8-16-13-6-4-11(17-18-13)14(19)21-2/h3-7H,8H2,1-2H3,(H,16,18). The zero-order chi connectivity index (χ0) is 15.2. The van der Waals surface area contributed by atoms with E-state index < -0.39 is 5.97 Å². The fraction of sp³-hybridized carbons (Fsp3) is 0.214. The van der Waals surface area contributed by atoms with Crippen LogP contribution in [0, 0.1) is 5.82 Å². The number of nitrogens with one attached hydrogen (secondary N) is 1. The van der Waals surface area contributed by atoms with Gasteiger partial charge in [-0.1, -0.05) is 0 Å². The summed E-state index contributed by atoms with van der Waals surface area (Å²) in [5.74, 6) is 0.123. The van der Waals surface area contributed by atoms with Crippen molar-refractivity contribution < 1.29 is 18.7 Å². The van der Waals surface area contributed by atoms with Crippen LogP contribution in [-0.4, -0.2) is 30.4 Å². The van der Waals surface area contributed by atoms with Gasteiger partial charge in [0.1, 0.15) is 17.4 Å². The van der Waals surface area contributed by atoms with Gasteiger partial charge in [-0.05, 0) is 30.3 Å². The van der Waals surface area contributed by atoms with Crippen molar-refractivity contribution in [1.29, 1.82) is 0 Å². The first-order valence-electron chi connectivity index (χ1n) is 6.12. The molecule has 0 amide bonds. The molecule has 0 saturated heterocycles. The highest BCUT2D eigenvalue weighted by Gasteiger charge is 2.08. The average molecular weight is 291 g/mol. The maximum Gasteiger partial charge on any atom is 0.358 e. The minimum Gasteiger partial charge on any atom is -0.496 e. The molecule has 2 aromatic rings. The van der Waals surface area contributed by atoms with E-state index in [1.54, 1.807) is 12.1 Å². The quantitative estimate of drug-likeness (QED) is 0.850. The highest BCUT2D eigenvalue weighted by molar-refractivity contribution is 5.86. The third-order valence-corrected chi connectivity index (χ3v) is 2.76. The number of carbonyl (C=O) groups is 1. The minimum absolute atomic E-state index is 0.117. The van der Waals surface area contributed by atoms with Crippen molar-refractivity contribution >= 4 is 11.8 Å². The van der Waals surface area contributed by atoms with Gasteiger partial charge in [-0.15, -0.1) is 10.2 Å². The van der Waals surface area contributed by atoms with Crippen LogP contribution < -0.4 is 10.1 Å². The SMILES string of the molecule is COC(=O)c1ccc(NCc2cc(F)ccc2OC)nn1. The Balaban J connectivity index is 2.06. The Hall–Kier alpha value is -2.70. The van der Waals surface area contributed by atoms with E-state index in [0.29, 0.717) is 23.7 Å². The second-order valence-electron chi connectivity index (χ2n) is 4.11. The van der Waals surface area contributed by atoms with E-state index in [-0.39, 0.29) is 11.5 Å². The van der Waals surface area contributed by atoms with E-state index >= 15 is 0 Å². The van der Waals surface area contributed by atoms with Gasteiger partial charge in [0, 0.05) is 12.1 Å². The molecule has 1 aromatic carbocycles. The molecule has 1 aromatic heterocycles. The molecule has 0 saturated carbocycles. The summed E-state index contributed by atoms with van der Waals surface area (Å²) in [7, 11) is 2.79. The summed E-state index contributed by atoms with van der Waals surface area (Å²) in [4.78, 5) is 11.2. The number of hydrogen-bond donors (Lipinski definition) is 1. The largest absolute Gasteiger partial charge is 0.496 e. The summed E-state index contributed by atoms with van der Waals surface area (Å²) in [5, 5.41) is 10.5. The number of halogens is 1. The molecule has 0 unspecified atom stereocenters. The van der Waals surface area contributed by atoms with E-state index in [1.165, 1.54) is 32.4 Å². The lowest BCUT2D eigenvalue weighted by atomic mass is 10.2. The molecule has 7 heteroatoms. The molecule has 0 aliphatic heterocycles. The first-order valence-corrected chi connectivity index (χ1v) is 6.12. The molecule has 110 valence electrons. The zero-order valence-corrected chi connectivity index (χ0v) is 11.6. The molecule has 0 fully saturated rings. The minimum atomic E-state index is -0.555. The van der Waals surface area contributed by atoms with Crippen molar-refractivity contribution in [2.75, 3.05) is 19.5 Å². The number of esters is 1. The summed E-state index contributed by atoms with van der Waals surface area (Å²) < 4.78 is 22.9. The molecular formula is C14H14FN3O3. The number of methoxy groups -OCH3 is 2. The van der Waals surface area contributed by atoms with Gasteiger partial charge in [-0.25, -0.2) is 9.18 Å². The fourth-order valence-corrected chi connectivity index (χ4v) is 1.71. The van der Waals surface area contributed by atoms with E-state index in [4.69, 9.17) is 4.74 Å². The van der Waals surface area contributed by atoms with Gasteiger partial charge < -0.3 is 14.8 Å². The van der Waals surface area contributed by atoms with Crippen LogP contribution in [-0.2, 0) is 11.3 Å². The lowest BCUT2D eigenvalue weighted by Crippen LogP contribution is -2.08. The van der Waals surface area contributed by atoms with E-state index in [0.717, 1.165) is 0 Å². The normalized spacial score (nSPS) is 10.0. The van der Waals surface area contributed by atoms with Crippen LogP contribution in [0.4, 0.5) is 10.2 Å². The Labute approximate surface area is 120 Å². The molecule has 0 radical (unpaired) electrons. The highest BCUT2D eigenvalue weighted by Crippen LogP contribution is 2.20. The van der Waals surface area contributed by atoms with Crippen LogP contribution in [0.15, 0.2) is 30.3 Å². The number of ether oxygens (including phenoxy) is 2. The van der Waals surface area contributed by atoms with Gasteiger partial charge in [-0.2, -0.15) is 0 Å². The monoisotopic (exact) mass is 291 g/mol. The lowest BCUT2D eigenvalue weighted by molar-refractivity contribution is 0.0593. The molecule has 21 heavy (non-hydrogen) atoms. The van der Waals surface area contributed by atoms with Crippen molar-refractivity contribution in [2.24, 2.45) is 0 Å². The molecule has 0 atom stereocenters. The predicted octanol–water partition coefficient (Wildman–Crippen LogP) is 2.02. The van der Waals surface area contributed by atoms with Gasteiger partial charge in [0.2, 0.25) is 0 Å². The Morgan fingerprint density at radius 2 is 2.05 bits per heavy atom. The lowest BCUT2D eigenvalue weighted by Gasteiger charge is -2.10. The summed E-state index contributed by atoms with van der Waals surface area (Å²) in [6, 6.07) is 7.34. The van der Waals surface area contributed by atoms with Gasteiger partial charge in [0.25, 0.3) is 0 Å². The summed E-state index contributed by atoms with van der Waals surface area (Å²) in [5.41, 5.74) is 0.766. The number of anilines is 1. The third-order valence-electron chi connectivity index (χ3n) is 2.76. The van der Waals surface area contributed by atoms with Crippen molar-refractivity contribution in [3.8, 4) is 5.75 Å². The fourth-order valence-electron chi connectivity index (χ4n) is 1.71. The van der Waals surface area contributed by atoms with Crippen molar-refractivity contribution in [1.82, 2.24) is 10.2 Å². The molecule has 0 aliphatic rings. The molecule has 0 aliphatic carbocycles. The number of carbonyl (C=O) groups excluding carboxylic acids is 1. The van der Waals surface area contributed by atoms with Crippen LogP contribution >= 0.6 is 0 Å². The average Bonchev–Trinajstić information content (AvgIpc) is 2.52. The first-order chi connectivity index (χ1) is 10.1. The Kier molecular flexibility index (Phi) is 4.65. The van der Waals surface area contributed by atoms with Gasteiger partial charge in [0.05, 0.1) is 14.2 Å². The number of aromatic nitrogens is 2. The highest BCUT2D eigenvalue weighted by atomic mass is 19.1. The van der Waals surface area contributed by atoms with Crippen molar-refractivity contribution in [3.05, 3.63) is 47.4 Å². The summed E-state index contributed by atoms with van der Waals surface area (Å²) in [6.07, 6.45) is 0. The molecule has 6 nitrogen and oxygen atoms in total. The molecule has 2 rings (SSSR count). The Morgan fingerprint density at radius 1 is 1.24 bits per heavy atom. The van der Waals surface area contributed by atoms with Gasteiger partial charge in [-0.3, -0.25) is 0 Å². The second kappa shape index (κ2) is 6.65. The Bertz CT molecular complexity index is 632. The van der Waals surface area contributed by atoms with Gasteiger partial charge in [0.15, 0.2) is 5.69 Å². The third kappa shape index (κ3) is 3.65. The van der Waals surface area contributed by atoms with Crippen molar-refractivity contribution in [3.63, 3.8) is 0 Å². The van der Waals surface area contributed by atoms with Crippen LogP contribution in [0.2, 0.25) is 0 Å². The smallest absolute Gasteiger partial charge is 0.358 e. The summed E-state index contributed by atoms with van der Waals surface area (Å²) >= 11 is 0. The topological polar surface area (TPSA) is 73.3 Å². The van der Waals surface area contributed by atoms with Crippen LogP contribution in [0.25, 0.3) is 0 Å². The maximum absolute atomic E-state index is 13.2. The Morgan fingerprint density at radius 3 is 2.67 bits per heavy atom. The molecule has 1 heterocycles. The second-order valence-corrected chi connectivity index (χ2v) is 4.11. The van der Waals surface area contributed by atoms with Crippen LogP contribution in [0.5, 0.6) is 5.75 Å². The number of rotatable bonds is 5. The number of nitrogens with zero attached hydrogens (tertiary/aromatic N) is 2. The number of hydrogen-bond acceptors (Lipinski definition) is 6. The van der Waals surface area contributed by atoms with Crippen LogP contribution in [0.3, 0.4) is 0 Å². The predicted molar refractivity (Wildman–Crippen MR) is 73.7 cm³/mol.